The standard InChI is InChI=1S/C22H17ClN2OS/c1-13-7-9-15(23)11-19(13)25-22(26)17-12-20(21-10-8-14(2)27-21)24-18-6-4-3-5-16(17)18/h3-12H,1-2H3,(H,25,26). The minimum Gasteiger partial charge on any atom is -0.322 e. The molecule has 0 bridgehead atoms. The first-order valence-corrected chi connectivity index (χ1v) is 9.75. The second-order valence-electron chi connectivity index (χ2n) is 6.40. The lowest BCUT2D eigenvalue weighted by Gasteiger charge is -2.12. The summed E-state index contributed by atoms with van der Waals surface area (Å²) in [7, 11) is 0. The highest BCUT2D eigenvalue weighted by molar-refractivity contribution is 7.15. The van der Waals surface area contributed by atoms with E-state index < -0.39 is 0 Å². The van der Waals surface area contributed by atoms with Crippen molar-refractivity contribution in [2.75, 3.05) is 5.32 Å². The second-order valence-corrected chi connectivity index (χ2v) is 8.12. The molecular weight excluding hydrogens is 376 g/mol. The number of thiophene rings is 1. The van der Waals surface area contributed by atoms with Crippen molar-refractivity contribution in [1.82, 2.24) is 4.98 Å². The van der Waals surface area contributed by atoms with E-state index in [1.54, 1.807) is 17.4 Å². The van der Waals surface area contributed by atoms with E-state index in [-0.39, 0.29) is 5.91 Å². The normalized spacial score (nSPS) is 10.9. The molecule has 27 heavy (non-hydrogen) atoms. The number of aryl methyl sites for hydroxylation is 2. The summed E-state index contributed by atoms with van der Waals surface area (Å²) in [5, 5.41) is 4.41. The monoisotopic (exact) mass is 392 g/mol. The van der Waals surface area contributed by atoms with Crippen molar-refractivity contribution in [1.29, 1.82) is 0 Å². The van der Waals surface area contributed by atoms with Gasteiger partial charge in [0.15, 0.2) is 0 Å². The number of hydrogen-bond acceptors (Lipinski definition) is 3. The highest BCUT2D eigenvalue weighted by Gasteiger charge is 2.15. The Morgan fingerprint density at radius 1 is 1.04 bits per heavy atom. The second kappa shape index (κ2) is 7.14. The molecule has 0 aliphatic heterocycles. The Bertz CT molecular complexity index is 1170. The average molecular weight is 393 g/mol. The molecule has 2 heterocycles. The Morgan fingerprint density at radius 3 is 2.63 bits per heavy atom. The number of fused-ring (bicyclic) bond motifs is 1. The van der Waals surface area contributed by atoms with Gasteiger partial charge in [-0.15, -0.1) is 11.3 Å². The van der Waals surface area contributed by atoms with Crippen LogP contribution in [0.2, 0.25) is 5.02 Å². The fraction of sp³-hybridized carbons (Fsp3) is 0.0909. The number of hydrogen-bond donors (Lipinski definition) is 1. The van der Waals surface area contributed by atoms with Crippen LogP contribution in [-0.2, 0) is 0 Å². The number of aromatic nitrogens is 1. The summed E-state index contributed by atoms with van der Waals surface area (Å²) in [6.45, 7) is 4.00. The summed E-state index contributed by atoms with van der Waals surface area (Å²) >= 11 is 7.76. The molecular formula is C22H17ClN2OS. The number of pyridine rings is 1. The maximum absolute atomic E-state index is 13.1. The number of carbonyl (C=O) groups excluding carboxylic acids is 1. The summed E-state index contributed by atoms with van der Waals surface area (Å²) in [4.78, 5) is 20.1. The molecule has 5 heteroatoms. The molecule has 4 rings (SSSR count). The SMILES string of the molecule is Cc1ccc(-c2cc(C(=O)Nc3cc(Cl)ccc3C)c3ccccc3n2)s1. The van der Waals surface area contributed by atoms with Crippen molar-refractivity contribution < 1.29 is 4.79 Å². The van der Waals surface area contributed by atoms with Crippen LogP contribution in [0.4, 0.5) is 5.69 Å². The highest BCUT2D eigenvalue weighted by Crippen LogP contribution is 2.30. The van der Waals surface area contributed by atoms with Crippen LogP contribution in [-0.4, -0.2) is 10.9 Å². The van der Waals surface area contributed by atoms with Crippen molar-refractivity contribution in [3.8, 4) is 10.6 Å². The number of nitrogens with one attached hydrogen (secondary N) is 1. The summed E-state index contributed by atoms with van der Waals surface area (Å²) in [6.07, 6.45) is 0. The third kappa shape index (κ3) is 3.59. The van der Waals surface area contributed by atoms with Crippen LogP contribution in [0.5, 0.6) is 0 Å². The van der Waals surface area contributed by atoms with E-state index >= 15 is 0 Å². The molecule has 0 aliphatic carbocycles. The third-order valence-electron chi connectivity index (χ3n) is 4.40. The van der Waals surface area contributed by atoms with Crippen LogP contribution < -0.4 is 5.32 Å². The first kappa shape index (κ1) is 17.7. The molecule has 0 fully saturated rings. The summed E-state index contributed by atoms with van der Waals surface area (Å²) < 4.78 is 0. The Balaban J connectivity index is 1.82. The van der Waals surface area contributed by atoms with Gasteiger partial charge in [0.2, 0.25) is 0 Å². The van der Waals surface area contributed by atoms with Crippen molar-refractivity contribution >= 4 is 45.4 Å². The quantitative estimate of drug-likeness (QED) is 0.433. The molecule has 0 spiro atoms. The number of carbonyl (C=O) groups is 1. The van der Waals surface area contributed by atoms with E-state index in [1.165, 1.54) is 4.88 Å². The van der Waals surface area contributed by atoms with E-state index in [0.29, 0.717) is 16.3 Å². The van der Waals surface area contributed by atoms with Gasteiger partial charge in [0.25, 0.3) is 5.91 Å². The predicted molar refractivity (Wildman–Crippen MR) is 114 cm³/mol. The number of halogens is 1. The van der Waals surface area contributed by atoms with Crippen LogP contribution in [0.3, 0.4) is 0 Å². The van der Waals surface area contributed by atoms with Crippen molar-refractivity contribution in [2.45, 2.75) is 13.8 Å². The van der Waals surface area contributed by atoms with Crippen LogP contribution in [0, 0.1) is 13.8 Å². The van der Waals surface area contributed by atoms with Gasteiger partial charge in [-0.25, -0.2) is 4.98 Å². The fourth-order valence-electron chi connectivity index (χ4n) is 2.98. The predicted octanol–water partition coefficient (Wildman–Crippen LogP) is 6.49. The largest absolute Gasteiger partial charge is 0.322 e. The molecule has 0 saturated carbocycles. The number of para-hydroxylation sites is 1. The maximum Gasteiger partial charge on any atom is 0.256 e. The van der Waals surface area contributed by atoms with E-state index in [2.05, 4.69) is 18.3 Å². The zero-order valence-electron chi connectivity index (χ0n) is 14.9. The van der Waals surface area contributed by atoms with Gasteiger partial charge < -0.3 is 5.32 Å². The summed E-state index contributed by atoms with van der Waals surface area (Å²) in [5.74, 6) is -0.173. The Hall–Kier alpha value is -2.69. The molecule has 0 unspecified atom stereocenters. The van der Waals surface area contributed by atoms with Crippen LogP contribution in [0.1, 0.15) is 20.8 Å². The van der Waals surface area contributed by atoms with Gasteiger partial charge in [0.05, 0.1) is 21.7 Å². The van der Waals surface area contributed by atoms with Crippen LogP contribution in [0.15, 0.2) is 60.7 Å². The average Bonchev–Trinajstić information content (AvgIpc) is 3.10. The molecule has 0 aliphatic rings. The van der Waals surface area contributed by atoms with Gasteiger partial charge in [-0.05, 0) is 55.8 Å². The molecule has 1 N–H and O–H groups in total. The lowest BCUT2D eigenvalue weighted by atomic mass is 10.1. The van der Waals surface area contributed by atoms with Gasteiger partial charge in [0, 0.05) is 21.0 Å². The molecule has 2 aromatic heterocycles. The zero-order chi connectivity index (χ0) is 19.0. The Labute approximate surface area is 166 Å². The number of nitrogens with zero attached hydrogens (tertiary/aromatic N) is 1. The first-order valence-electron chi connectivity index (χ1n) is 8.55. The molecule has 0 radical (unpaired) electrons. The van der Waals surface area contributed by atoms with Gasteiger partial charge in [-0.2, -0.15) is 0 Å². The van der Waals surface area contributed by atoms with Gasteiger partial charge in [0.1, 0.15) is 0 Å². The number of amides is 1. The molecule has 3 nitrogen and oxygen atoms in total. The van der Waals surface area contributed by atoms with Gasteiger partial charge in [-0.3, -0.25) is 4.79 Å². The lowest BCUT2D eigenvalue weighted by Crippen LogP contribution is -2.14. The maximum atomic E-state index is 13.1. The van der Waals surface area contributed by atoms with E-state index in [4.69, 9.17) is 16.6 Å². The number of anilines is 1. The zero-order valence-corrected chi connectivity index (χ0v) is 16.5. The van der Waals surface area contributed by atoms with E-state index in [0.717, 1.165) is 27.0 Å². The molecule has 0 atom stereocenters. The molecule has 134 valence electrons. The molecule has 1 amide bonds. The molecule has 2 aromatic carbocycles. The van der Waals surface area contributed by atoms with Gasteiger partial charge >= 0.3 is 0 Å². The van der Waals surface area contributed by atoms with Crippen molar-refractivity contribution in [3.63, 3.8) is 0 Å². The summed E-state index contributed by atoms with van der Waals surface area (Å²) in [6, 6.07) is 19.1. The van der Waals surface area contributed by atoms with Crippen LogP contribution in [0.25, 0.3) is 21.5 Å². The highest BCUT2D eigenvalue weighted by atomic mass is 35.5. The molecule has 0 saturated heterocycles. The summed E-state index contributed by atoms with van der Waals surface area (Å²) in [5.41, 5.74) is 3.87. The molecule has 4 aromatic rings. The van der Waals surface area contributed by atoms with Crippen LogP contribution >= 0.6 is 22.9 Å². The Morgan fingerprint density at radius 2 is 1.85 bits per heavy atom. The first-order chi connectivity index (χ1) is 13.0. The lowest BCUT2D eigenvalue weighted by molar-refractivity contribution is 0.102. The van der Waals surface area contributed by atoms with E-state index in [1.807, 2.05) is 55.5 Å². The van der Waals surface area contributed by atoms with Crippen molar-refractivity contribution in [3.05, 3.63) is 81.7 Å². The number of rotatable bonds is 3. The fourth-order valence-corrected chi connectivity index (χ4v) is 3.98. The number of benzene rings is 2. The third-order valence-corrected chi connectivity index (χ3v) is 5.66. The van der Waals surface area contributed by atoms with Crippen molar-refractivity contribution in [2.24, 2.45) is 0 Å². The topological polar surface area (TPSA) is 42.0 Å². The van der Waals surface area contributed by atoms with Gasteiger partial charge in [-0.1, -0.05) is 35.9 Å². The minimum absolute atomic E-state index is 0.173. The smallest absolute Gasteiger partial charge is 0.256 e. The minimum atomic E-state index is -0.173. The Kier molecular flexibility index (Phi) is 4.68. The van der Waals surface area contributed by atoms with E-state index in [9.17, 15) is 4.79 Å².